The Morgan fingerprint density at radius 1 is 1.03 bits per heavy atom. The summed E-state index contributed by atoms with van der Waals surface area (Å²) in [7, 11) is -3.67. The van der Waals surface area contributed by atoms with Crippen LogP contribution in [0.15, 0.2) is 55.1 Å². The zero-order chi connectivity index (χ0) is 25.5. The molecule has 1 aromatic carbocycles. The number of carbonyl (C=O) groups is 1. The Morgan fingerprint density at radius 3 is 2.17 bits per heavy atom. The summed E-state index contributed by atoms with van der Waals surface area (Å²) < 4.78 is 39.9. The van der Waals surface area contributed by atoms with Crippen molar-refractivity contribution in [3.05, 3.63) is 88.8 Å². The van der Waals surface area contributed by atoms with Gasteiger partial charge in [0.25, 0.3) is 0 Å². The van der Waals surface area contributed by atoms with Crippen LogP contribution in [0.4, 0.5) is 10.1 Å². The van der Waals surface area contributed by atoms with Gasteiger partial charge >= 0.3 is 0 Å². The fourth-order valence-corrected chi connectivity index (χ4v) is 3.76. The summed E-state index contributed by atoms with van der Waals surface area (Å²) in [5, 5.41) is 0.635. The lowest BCUT2D eigenvalue weighted by atomic mass is 9.96. The predicted octanol–water partition coefficient (Wildman–Crippen LogP) is 5.97. The van der Waals surface area contributed by atoms with Crippen molar-refractivity contribution in [2.45, 2.75) is 42.0 Å². The second kappa shape index (κ2) is 12.8. The third kappa shape index (κ3) is 7.19. The summed E-state index contributed by atoms with van der Waals surface area (Å²) in [6.07, 6.45) is 7.62. The highest BCUT2D eigenvalue weighted by Gasteiger charge is 2.24. The first kappa shape index (κ1) is 29.4. The van der Waals surface area contributed by atoms with Crippen LogP contribution in [0.25, 0.3) is 11.0 Å². The Kier molecular flexibility index (Phi) is 10.7. The highest BCUT2D eigenvalue weighted by atomic mass is 32.2. The lowest BCUT2D eigenvalue weighted by Gasteiger charge is -2.12. The summed E-state index contributed by atoms with van der Waals surface area (Å²) in [5.41, 5.74) is 2.62. The molecular weight excluding hydrogens is 467 g/mol. The molecule has 0 aliphatic rings. The zero-order valence-electron chi connectivity index (χ0n) is 20.1. The number of pyridine rings is 2. The van der Waals surface area contributed by atoms with Gasteiger partial charge in [0.05, 0.1) is 17.5 Å². The Balaban J connectivity index is 0.000000586. The maximum atomic E-state index is 14.9. The van der Waals surface area contributed by atoms with Crippen LogP contribution >= 0.6 is 0 Å². The largest absolute Gasteiger partial charge is 0.345 e. The molecule has 3 heterocycles. The van der Waals surface area contributed by atoms with E-state index in [1.807, 2.05) is 45.9 Å². The normalized spacial score (nSPS) is 10.3. The van der Waals surface area contributed by atoms with Gasteiger partial charge in [0.15, 0.2) is 11.6 Å². The smallest absolute Gasteiger partial charge is 0.229 e. The van der Waals surface area contributed by atoms with Crippen molar-refractivity contribution in [2.75, 3.05) is 11.0 Å². The lowest BCUT2D eigenvalue weighted by Crippen LogP contribution is -2.14. The summed E-state index contributed by atoms with van der Waals surface area (Å²) in [6, 6.07) is 8.52. The highest BCUT2D eigenvalue weighted by molar-refractivity contribution is 7.92. The van der Waals surface area contributed by atoms with Crippen LogP contribution in [0.2, 0.25) is 0 Å². The highest BCUT2D eigenvalue weighted by Crippen LogP contribution is 2.29. The third-order valence-electron chi connectivity index (χ3n) is 4.90. The SMILES string of the molecule is C.CC.Cc1ccc(NS(C)(=O)=O)c(F)c1C(=O)c1c[nH]c2ncc(C)c(C)c12.c1ccncc1. The molecule has 0 bridgehead atoms. The molecule has 0 atom stereocenters. The molecule has 0 unspecified atom stereocenters. The Labute approximate surface area is 206 Å². The first-order chi connectivity index (χ1) is 16.1. The number of hydrogen-bond donors (Lipinski definition) is 2. The van der Waals surface area contributed by atoms with Crippen molar-refractivity contribution in [1.29, 1.82) is 0 Å². The van der Waals surface area contributed by atoms with E-state index in [0.717, 1.165) is 17.4 Å². The van der Waals surface area contributed by atoms with Crippen LogP contribution in [-0.4, -0.2) is 35.4 Å². The Hall–Kier alpha value is -3.59. The van der Waals surface area contributed by atoms with Gasteiger partial charge in [-0.3, -0.25) is 14.5 Å². The number of rotatable bonds is 4. The first-order valence-corrected chi connectivity index (χ1v) is 12.6. The van der Waals surface area contributed by atoms with Crippen molar-refractivity contribution in [2.24, 2.45) is 0 Å². The maximum Gasteiger partial charge on any atom is 0.229 e. The number of aryl methyl sites for hydroxylation is 3. The number of sulfonamides is 1. The van der Waals surface area contributed by atoms with E-state index in [2.05, 4.69) is 19.7 Å². The van der Waals surface area contributed by atoms with Crippen LogP contribution in [0.5, 0.6) is 0 Å². The molecule has 188 valence electrons. The maximum absolute atomic E-state index is 14.9. The number of nitrogens with zero attached hydrogens (tertiary/aromatic N) is 2. The fraction of sp³-hybridized carbons (Fsp3) is 0.269. The summed E-state index contributed by atoms with van der Waals surface area (Å²) >= 11 is 0. The molecule has 0 amide bonds. The van der Waals surface area contributed by atoms with Gasteiger partial charge in [0.2, 0.25) is 10.0 Å². The molecule has 0 aliphatic heterocycles. The number of anilines is 1. The molecular formula is C26H33FN4O3S. The minimum atomic E-state index is -3.67. The topological polar surface area (TPSA) is 105 Å². The Morgan fingerprint density at radius 2 is 1.66 bits per heavy atom. The summed E-state index contributed by atoms with van der Waals surface area (Å²) in [6.45, 7) is 9.35. The molecule has 0 saturated heterocycles. The number of halogens is 1. The van der Waals surface area contributed by atoms with Crippen LogP contribution in [0.1, 0.15) is 53.9 Å². The minimum Gasteiger partial charge on any atom is -0.345 e. The molecule has 4 rings (SSSR count). The number of carbonyl (C=O) groups excluding carboxylic acids is 1. The number of aromatic amines is 1. The number of nitrogens with one attached hydrogen (secondary N) is 2. The molecule has 3 aromatic heterocycles. The molecule has 0 radical (unpaired) electrons. The third-order valence-corrected chi connectivity index (χ3v) is 5.49. The molecule has 7 nitrogen and oxygen atoms in total. The van der Waals surface area contributed by atoms with Crippen molar-refractivity contribution >= 4 is 32.5 Å². The summed E-state index contributed by atoms with van der Waals surface area (Å²) in [4.78, 5) is 24.1. The minimum absolute atomic E-state index is 0. The van der Waals surface area contributed by atoms with Gasteiger partial charge in [0.1, 0.15) is 5.65 Å². The number of fused-ring (bicyclic) bond motifs is 1. The van der Waals surface area contributed by atoms with Gasteiger partial charge in [-0.25, -0.2) is 17.8 Å². The van der Waals surface area contributed by atoms with Gasteiger partial charge in [-0.05, 0) is 55.7 Å². The van der Waals surface area contributed by atoms with Crippen molar-refractivity contribution in [3.8, 4) is 0 Å². The Bertz CT molecular complexity index is 1360. The van der Waals surface area contributed by atoms with Gasteiger partial charge in [0, 0.05) is 35.7 Å². The van der Waals surface area contributed by atoms with E-state index in [4.69, 9.17) is 0 Å². The quantitative estimate of drug-likeness (QED) is 0.336. The molecule has 0 aliphatic carbocycles. The predicted molar refractivity (Wildman–Crippen MR) is 141 cm³/mol. The summed E-state index contributed by atoms with van der Waals surface area (Å²) in [5.74, 6) is -1.42. The first-order valence-electron chi connectivity index (χ1n) is 10.7. The average molecular weight is 501 g/mol. The van der Waals surface area contributed by atoms with Gasteiger partial charge < -0.3 is 4.98 Å². The average Bonchev–Trinajstić information content (AvgIpc) is 3.25. The zero-order valence-corrected chi connectivity index (χ0v) is 20.9. The molecule has 9 heteroatoms. The van der Waals surface area contributed by atoms with E-state index >= 15 is 0 Å². The van der Waals surface area contributed by atoms with E-state index in [1.54, 1.807) is 25.5 Å². The number of ketones is 1. The van der Waals surface area contributed by atoms with Gasteiger partial charge in [-0.2, -0.15) is 0 Å². The number of hydrogen-bond acceptors (Lipinski definition) is 5. The fourth-order valence-electron chi connectivity index (χ4n) is 3.21. The standard InChI is InChI=1S/C18H18FN3O3S.C5H5N.C2H6.CH4/c1-9-5-6-13(22-26(4,24)25)16(19)14(9)17(23)12-8-21-18-15(12)11(3)10(2)7-20-18;1-2-4-6-5-3-1;1-2;/h5-8,22H,1-4H3,(H,20,21);1-5H;1-2H3;1H4. The molecule has 0 saturated carbocycles. The van der Waals surface area contributed by atoms with E-state index in [9.17, 15) is 17.6 Å². The second-order valence-corrected chi connectivity index (χ2v) is 9.09. The number of aromatic nitrogens is 3. The molecule has 35 heavy (non-hydrogen) atoms. The molecule has 2 N–H and O–H groups in total. The second-order valence-electron chi connectivity index (χ2n) is 7.34. The molecule has 4 aromatic rings. The van der Waals surface area contributed by atoms with E-state index in [-0.39, 0.29) is 18.7 Å². The molecule has 0 spiro atoms. The van der Waals surface area contributed by atoms with E-state index < -0.39 is 21.6 Å². The van der Waals surface area contributed by atoms with Crippen LogP contribution in [0, 0.1) is 26.6 Å². The van der Waals surface area contributed by atoms with Crippen LogP contribution in [-0.2, 0) is 10.0 Å². The van der Waals surface area contributed by atoms with Crippen LogP contribution in [0.3, 0.4) is 0 Å². The van der Waals surface area contributed by atoms with Gasteiger partial charge in [-0.15, -0.1) is 0 Å². The van der Waals surface area contributed by atoms with Crippen molar-refractivity contribution in [1.82, 2.24) is 15.0 Å². The number of H-pyrrole nitrogens is 1. The van der Waals surface area contributed by atoms with Crippen molar-refractivity contribution in [3.63, 3.8) is 0 Å². The lowest BCUT2D eigenvalue weighted by molar-refractivity contribution is 0.103. The molecule has 0 fully saturated rings. The monoisotopic (exact) mass is 500 g/mol. The number of benzene rings is 1. The van der Waals surface area contributed by atoms with Gasteiger partial charge in [-0.1, -0.05) is 33.4 Å². The van der Waals surface area contributed by atoms with Crippen molar-refractivity contribution < 1.29 is 17.6 Å². The van der Waals surface area contributed by atoms with E-state index in [1.165, 1.54) is 18.3 Å². The van der Waals surface area contributed by atoms with E-state index in [0.29, 0.717) is 22.2 Å². The van der Waals surface area contributed by atoms with Crippen LogP contribution < -0.4 is 4.72 Å².